The standard InChI is InChI=1S/C19H26N4O3S/c1-4-16(3)21-19(24)17(13-20)14-22-9-11-23(12-10-22)27(25,26)18-7-5-15(2)6-8-18/h5-8,14,16H,4,9-12H2,1-3H3,(H,21,24)/b17-14-. The molecule has 0 saturated carbocycles. The second-order valence-corrected chi connectivity index (χ2v) is 8.63. The smallest absolute Gasteiger partial charge is 0.263 e. The van der Waals surface area contributed by atoms with Crippen LogP contribution < -0.4 is 5.32 Å². The molecule has 1 N–H and O–H groups in total. The molecule has 0 bridgehead atoms. The van der Waals surface area contributed by atoms with Crippen molar-refractivity contribution in [2.24, 2.45) is 0 Å². The van der Waals surface area contributed by atoms with E-state index in [0.717, 1.165) is 12.0 Å². The van der Waals surface area contributed by atoms with Crippen LogP contribution in [0.1, 0.15) is 25.8 Å². The van der Waals surface area contributed by atoms with Crippen molar-refractivity contribution in [3.63, 3.8) is 0 Å². The molecule has 1 aromatic rings. The highest BCUT2D eigenvalue weighted by molar-refractivity contribution is 7.89. The fourth-order valence-corrected chi connectivity index (χ4v) is 4.08. The van der Waals surface area contributed by atoms with Gasteiger partial charge in [-0.3, -0.25) is 4.79 Å². The van der Waals surface area contributed by atoms with Crippen LogP contribution in [0.15, 0.2) is 40.9 Å². The van der Waals surface area contributed by atoms with Crippen molar-refractivity contribution in [1.82, 2.24) is 14.5 Å². The van der Waals surface area contributed by atoms with Gasteiger partial charge in [0.15, 0.2) is 0 Å². The number of hydrogen-bond donors (Lipinski definition) is 1. The van der Waals surface area contributed by atoms with Crippen LogP contribution in [-0.4, -0.2) is 55.8 Å². The van der Waals surface area contributed by atoms with Crippen LogP contribution >= 0.6 is 0 Å². The van der Waals surface area contributed by atoms with Gasteiger partial charge in [-0.2, -0.15) is 9.57 Å². The van der Waals surface area contributed by atoms with E-state index in [1.807, 2.05) is 31.7 Å². The van der Waals surface area contributed by atoms with Crippen molar-refractivity contribution in [3.05, 3.63) is 41.6 Å². The number of carbonyl (C=O) groups is 1. The predicted molar refractivity (Wildman–Crippen MR) is 103 cm³/mol. The molecule has 1 atom stereocenters. The van der Waals surface area contributed by atoms with Gasteiger partial charge >= 0.3 is 0 Å². The molecule has 1 heterocycles. The molecule has 8 heteroatoms. The lowest BCUT2D eigenvalue weighted by atomic mass is 10.2. The van der Waals surface area contributed by atoms with Gasteiger partial charge in [0.05, 0.1) is 4.90 Å². The predicted octanol–water partition coefficient (Wildman–Crippen LogP) is 1.62. The first-order chi connectivity index (χ1) is 12.8. The zero-order chi connectivity index (χ0) is 20.0. The summed E-state index contributed by atoms with van der Waals surface area (Å²) >= 11 is 0. The topological polar surface area (TPSA) is 93.5 Å². The summed E-state index contributed by atoms with van der Waals surface area (Å²) < 4.78 is 26.9. The first-order valence-corrected chi connectivity index (χ1v) is 10.5. The van der Waals surface area contributed by atoms with Gasteiger partial charge in [-0.15, -0.1) is 0 Å². The highest BCUT2D eigenvalue weighted by Gasteiger charge is 2.28. The second kappa shape index (κ2) is 9.02. The minimum Gasteiger partial charge on any atom is -0.373 e. The molecular weight excluding hydrogens is 364 g/mol. The molecule has 0 aliphatic carbocycles. The van der Waals surface area contributed by atoms with E-state index in [9.17, 15) is 18.5 Å². The molecule has 1 unspecified atom stereocenters. The van der Waals surface area contributed by atoms with Gasteiger partial charge in [-0.1, -0.05) is 24.6 Å². The highest BCUT2D eigenvalue weighted by atomic mass is 32.2. The van der Waals surface area contributed by atoms with Gasteiger partial charge < -0.3 is 10.2 Å². The lowest BCUT2D eigenvalue weighted by molar-refractivity contribution is -0.117. The van der Waals surface area contributed by atoms with Crippen molar-refractivity contribution in [3.8, 4) is 6.07 Å². The van der Waals surface area contributed by atoms with Gasteiger partial charge in [-0.25, -0.2) is 8.42 Å². The summed E-state index contributed by atoms with van der Waals surface area (Å²) in [6.07, 6.45) is 2.30. The van der Waals surface area contributed by atoms with Crippen LogP contribution in [0.2, 0.25) is 0 Å². The first kappa shape index (κ1) is 20.9. The summed E-state index contributed by atoms with van der Waals surface area (Å²) in [4.78, 5) is 14.2. The molecule has 7 nitrogen and oxygen atoms in total. The molecule has 0 radical (unpaired) electrons. The number of sulfonamides is 1. The molecule has 0 spiro atoms. The Bertz CT molecular complexity index is 833. The van der Waals surface area contributed by atoms with E-state index in [-0.39, 0.29) is 16.5 Å². The zero-order valence-corrected chi connectivity index (χ0v) is 16.8. The fraction of sp³-hybridized carbons (Fsp3) is 0.474. The SMILES string of the molecule is CCC(C)NC(=O)/C(C#N)=C\N1CCN(S(=O)(=O)c2ccc(C)cc2)CC1. The Morgan fingerprint density at radius 2 is 1.85 bits per heavy atom. The number of hydrogen-bond acceptors (Lipinski definition) is 5. The lowest BCUT2D eigenvalue weighted by Gasteiger charge is -2.33. The number of carbonyl (C=O) groups excluding carboxylic acids is 1. The van der Waals surface area contributed by atoms with Crippen molar-refractivity contribution in [2.75, 3.05) is 26.2 Å². The molecule has 1 fully saturated rings. The van der Waals surface area contributed by atoms with E-state index in [2.05, 4.69) is 5.32 Å². The Labute approximate surface area is 161 Å². The maximum absolute atomic E-state index is 12.7. The van der Waals surface area contributed by atoms with E-state index in [4.69, 9.17) is 0 Å². The number of piperazine rings is 1. The van der Waals surface area contributed by atoms with Gasteiger partial charge in [0.2, 0.25) is 10.0 Å². The maximum Gasteiger partial charge on any atom is 0.263 e. The lowest BCUT2D eigenvalue weighted by Crippen LogP contribution is -2.47. The third kappa shape index (κ3) is 5.31. The van der Waals surface area contributed by atoms with Gasteiger partial charge in [-0.05, 0) is 32.4 Å². The third-order valence-electron chi connectivity index (χ3n) is 4.60. The number of nitrogens with one attached hydrogen (secondary N) is 1. The first-order valence-electron chi connectivity index (χ1n) is 9.01. The molecule has 2 rings (SSSR count). The highest BCUT2D eigenvalue weighted by Crippen LogP contribution is 2.18. The Hall–Kier alpha value is -2.37. The van der Waals surface area contributed by atoms with E-state index in [0.29, 0.717) is 26.2 Å². The largest absolute Gasteiger partial charge is 0.373 e. The normalized spacial score (nSPS) is 17.3. The van der Waals surface area contributed by atoms with E-state index in [1.165, 1.54) is 10.5 Å². The number of nitrogens with zero attached hydrogens (tertiary/aromatic N) is 3. The van der Waals surface area contributed by atoms with Gasteiger partial charge in [0.1, 0.15) is 11.6 Å². The van der Waals surface area contributed by atoms with Crippen LogP contribution in [0, 0.1) is 18.3 Å². The number of amides is 1. The summed E-state index contributed by atoms with van der Waals surface area (Å²) in [5.74, 6) is -0.401. The second-order valence-electron chi connectivity index (χ2n) is 6.69. The van der Waals surface area contributed by atoms with Crippen LogP contribution in [0.25, 0.3) is 0 Å². The maximum atomic E-state index is 12.7. The molecular formula is C19H26N4O3S. The monoisotopic (exact) mass is 390 g/mol. The Balaban J connectivity index is 2.02. The third-order valence-corrected chi connectivity index (χ3v) is 6.51. The van der Waals surface area contributed by atoms with Crippen LogP contribution in [0.4, 0.5) is 0 Å². The molecule has 146 valence electrons. The Kier molecular flexibility index (Phi) is 6.99. The summed E-state index contributed by atoms with van der Waals surface area (Å²) in [5.41, 5.74) is 1.04. The summed E-state index contributed by atoms with van der Waals surface area (Å²) in [7, 11) is -3.53. The van der Waals surface area contributed by atoms with E-state index < -0.39 is 15.9 Å². The zero-order valence-electron chi connectivity index (χ0n) is 16.0. The minimum absolute atomic E-state index is 0.00857. The Morgan fingerprint density at radius 1 is 1.26 bits per heavy atom. The van der Waals surface area contributed by atoms with E-state index in [1.54, 1.807) is 24.3 Å². The molecule has 1 saturated heterocycles. The van der Waals surface area contributed by atoms with Crippen LogP contribution in [-0.2, 0) is 14.8 Å². The number of benzene rings is 1. The van der Waals surface area contributed by atoms with Crippen molar-refractivity contribution in [1.29, 1.82) is 5.26 Å². The van der Waals surface area contributed by atoms with Crippen molar-refractivity contribution >= 4 is 15.9 Å². The molecule has 1 aliphatic rings. The molecule has 1 aliphatic heterocycles. The number of rotatable bonds is 6. The van der Waals surface area contributed by atoms with E-state index >= 15 is 0 Å². The average Bonchev–Trinajstić information content (AvgIpc) is 2.66. The quantitative estimate of drug-likeness (QED) is 0.588. The Morgan fingerprint density at radius 3 is 2.37 bits per heavy atom. The summed E-state index contributed by atoms with van der Waals surface area (Å²) in [6, 6.07) is 8.71. The molecule has 1 aromatic carbocycles. The van der Waals surface area contributed by atoms with Gasteiger partial charge in [0.25, 0.3) is 5.91 Å². The van der Waals surface area contributed by atoms with Gasteiger partial charge in [0, 0.05) is 38.4 Å². The fourth-order valence-electron chi connectivity index (χ4n) is 2.66. The van der Waals surface area contributed by atoms with Crippen molar-refractivity contribution < 1.29 is 13.2 Å². The molecule has 1 amide bonds. The summed E-state index contributed by atoms with van der Waals surface area (Å²) in [6.45, 7) is 7.19. The average molecular weight is 391 g/mol. The summed E-state index contributed by atoms with van der Waals surface area (Å²) in [5, 5.41) is 12.0. The van der Waals surface area contributed by atoms with Crippen LogP contribution in [0.3, 0.4) is 0 Å². The molecule has 0 aromatic heterocycles. The minimum atomic E-state index is -3.53. The number of aryl methyl sites for hydroxylation is 1. The van der Waals surface area contributed by atoms with Crippen molar-refractivity contribution in [2.45, 2.75) is 38.1 Å². The number of nitriles is 1. The van der Waals surface area contributed by atoms with Crippen LogP contribution in [0.5, 0.6) is 0 Å². The molecule has 27 heavy (non-hydrogen) atoms.